The number of rotatable bonds is 8. The Labute approximate surface area is 116 Å². The maximum absolute atomic E-state index is 11.7. The predicted molar refractivity (Wildman–Crippen MR) is 70.4 cm³/mol. The molecule has 110 valence electrons. The summed E-state index contributed by atoms with van der Waals surface area (Å²) < 4.78 is 15.5. The Bertz CT molecular complexity index is 439. The maximum atomic E-state index is 11.7. The lowest BCUT2D eigenvalue weighted by Crippen LogP contribution is -2.25. The summed E-state index contributed by atoms with van der Waals surface area (Å²) in [6.07, 6.45) is -0.605. The number of benzene rings is 1. The lowest BCUT2D eigenvalue weighted by atomic mass is 10.2. The third kappa shape index (κ3) is 4.94. The molecule has 0 saturated heterocycles. The van der Waals surface area contributed by atoms with Crippen molar-refractivity contribution in [2.24, 2.45) is 0 Å². The number of nitro benzene ring substituents is 1. The smallest absolute Gasteiger partial charge is 0.338 e. The van der Waals surface area contributed by atoms with Crippen molar-refractivity contribution in [1.82, 2.24) is 0 Å². The van der Waals surface area contributed by atoms with Crippen molar-refractivity contribution >= 4 is 11.7 Å². The Morgan fingerprint density at radius 3 is 2.20 bits per heavy atom. The molecule has 0 aliphatic heterocycles. The molecule has 0 fully saturated rings. The van der Waals surface area contributed by atoms with Gasteiger partial charge in [0, 0.05) is 25.3 Å². The number of non-ortho nitro benzene ring substituents is 1. The third-order valence-electron chi connectivity index (χ3n) is 2.37. The molecular weight excluding hydrogens is 266 g/mol. The van der Waals surface area contributed by atoms with Gasteiger partial charge in [-0.3, -0.25) is 10.1 Å². The van der Waals surface area contributed by atoms with Crippen LogP contribution in [0.4, 0.5) is 5.69 Å². The molecule has 0 amide bonds. The molecule has 0 spiro atoms. The standard InChI is InChI=1S/C13H17NO6/c1-3-18-12(19-4-2)9-20-13(15)10-5-7-11(8-6-10)14(16)17/h5-8,12H,3-4,9H2,1-2H3. The van der Waals surface area contributed by atoms with Gasteiger partial charge < -0.3 is 14.2 Å². The van der Waals surface area contributed by atoms with Gasteiger partial charge >= 0.3 is 5.97 Å². The van der Waals surface area contributed by atoms with Crippen molar-refractivity contribution in [2.75, 3.05) is 19.8 Å². The summed E-state index contributed by atoms with van der Waals surface area (Å²) in [6, 6.07) is 5.19. The fourth-order valence-electron chi connectivity index (χ4n) is 1.46. The number of carbonyl (C=O) groups is 1. The van der Waals surface area contributed by atoms with Gasteiger partial charge in [0.1, 0.15) is 6.61 Å². The van der Waals surface area contributed by atoms with E-state index >= 15 is 0 Å². The monoisotopic (exact) mass is 283 g/mol. The van der Waals surface area contributed by atoms with E-state index in [1.54, 1.807) is 0 Å². The van der Waals surface area contributed by atoms with Crippen LogP contribution in [-0.2, 0) is 14.2 Å². The molecule has 7 nitrogen and oxygen atoms in total. The van der Waals surface area contributed by atoms with E-state index in [0.29, 0.717) is 13.2 Å². The van der Waals surface area contributed by atoms with Crippen LogP contribution in [0.25, 0.3) is 0 Å². The zero-order chi connectivity index (χ0) is 15.0. The number of nitrogens with zero attached hydrogens (tertiary/aromatic N) is 1. The van der Waals surface area contributed by atoms with Gasteiger partial charge in [-0.05, 0) is 26.0 Å². The molecule has 0 radical (unpaired) electrons. The van der Waals surface area contributed by atoms with E-state index in [0.717, 1.165) is 0 Å². The number of carbonyl (C=O) groups excluding carboxylic acids is 1. The lowest BCUT2D eigenvalue weighted by Gasteiger charge is -2.16. The van der Waals surface area contributed by atoms with Crippen LogP contribution in [0.3, 0.4) is 0 Å². The van der Waals surface area contributed by atoms with E-state index in [1.165, 1.54) is 24.3 Å². The lowest BCUT2D eigenvalue weighted by molar-refractivity contribution is -0.384. The van der Waals surface area contributed by atoms with E-state index in [4.69, 9.17) is 14.2 Å². The van der Waals surface area contributed by atoms with Gasteiger partial charge in [-0.25, -0.2) is 4.79 Å². The highest BCUT2D eigenvalue weighted by Crippen LogP contribution is 2.12. The SMILES string of the molecule is CCOC(COC(=O)c1ccc([N+](=O)[O-])cc1)OCC. The summed E-state index contributed by atoms with van der Waals surface area (Å²) in [5.74, 6) is -0.579. The summed E-state index contributed by atoms with van der Waals surface area (Å²) in [7, 11) is 0. The molecule has 20 heavy (non-hydrogen) atoms. The normalized spacial score (nSPS) is 10.6. The van der Waals surface area contributed by atoms with Crippen LogP contribution in [0.2, 0.25) is 0 Å². The average Bonchev–Trinajstić information content (AvgIpc) is 2.45. The quantitative estimate of drug-likeness (QED) is 0.314. The highest BCUT2D eigenvalue weighted by Gasteiger charge is 2.14. The van der Waals surface area contributed by atoms with E-state index < -0.39 is 17.2 Å². The van der Waals surface area contributed by atoms with E-state index in [9.17, 15) is 14.9 Å². The van der Waals surface area contributed by atoms with Crippen LogP contribution in [-0.4, -0.2) is 37.0 Å². The fraction of sp³-hybridized carbons (Fsp3) is 0.462. The molecule has 1 aromatic carbocycles. The Kier molecular flexibility index (Phi) is 6.61. The van der Waals surface area contributed by atoms with Crippen LogP contribution in [0.1, 0.15) is 24.2 Å². The van der Waals surface area contributed by atoms with Crippen molar-refractivity contribution in [3.63, 3.8) is 0 Å². The number of hydrogen-bond donors (Lipinski definition) is 0. The molecule has 0 aliphatic carbocycles. The molecular formula is C13H17NO6. The highest BCUT2D eigenvalue weighted by molar-refractivity contribution is 5.89. The van der Waals surface area contributed by atoms with Gasteiger partial charge in [-0.15, -0.1) is 0 Å². The molecule has 0 N–H and O–H groups in total. The maximum Gasteiger partial charge on any atom is 0.338 e. The van der Waals surface area contributed by atoms with Gasteiger partial charge in [-0.2, -0.15) is 0 Å². The first-order chi connectivity index (χ1) is 9.58. The van der Waals surface area contributed by atoms with Crippen molar-refractivity contribution in [2.45, 2.75) is 20.1 Å². The van der Waals surface area contributed by atoms with Gasteiger partial charge in [0.25, 0.3) is 5.69 Å². The van der Waals surface area contributed by atoms with Gasteiger partial charge in [0.05, 0.1) is 10.5 Å². The minimum atomic E-state index is -0.605. The molecule has 0 atom stereocenters. The van der Waals surface area contributed by atoms with Crippen LogP contribution >= 0.6 is 0 Å². The van der Waals surface area contributed by atoms with Crippen LogP contribution in [0.15, 0.2) is 24.3 Å². The Hall–Kier alpha value is -1.99. The summed E-state index contributed by atoms with van der Waals surface area (Å²) in [4.78, 5) is 21.7. The summed E-state index contributed by atoms with van der Waals surface area (Å²) in [5.41, 5.74) is 0.158. The number of nitro groups is 1. The minimum Gasteiger partial charge on any atom is -0.457 e. The second-order valence-corrected chi connectivity index (χ2v) is 3.74. The van der Waals surface area contributed by atoms with Crippen LogP contribution in [0.5, 0.6) is 0 Å². The fourth-order valence-corrected chi connectivity index (χ4v) is 1.46. The Morgan fingerprint density at radius 1 is 1.20 bits per heavy atom. The van der Waals surface area contributed by atoms with Gasteiger partial charge in [0.2, 0.25) is 0 Å². The molecule has 7 heteroatoms. The van der Waals surface area contributed by atoms with Crippen LogP contribution < -0.4 is 0 Å². The second-order valence-electron chi connectivity index (χ2n) is 3.74. The average molecular weight is 283 g/mol. The van der Waals surface area contributed by atoms with E-state index in [-0.39, 0.29) is 17.9 Å². The minimum absolute atomic E-state index is 0.0303. The molecule has 0 aliphatic rings. The largest absolute Gasteiger partial charge is 0.457 e. The zero-order valence-electron chi connectivity index (χ0n) is 11.4. The first-order valence-corrected chi connectivity index (χ1v) is 6.23. The van der Waals surface area contributed by atoms with E-state index in [2.05, 4.69) is 0 Å². The van der Waals surface area contributed by atoms with Crippen molar-refractivity contribution in [1.29, 1.82) is 0 Å². The van der Waals surface area contributed by atoms with Crippen molar-refractivity contribution in [3.05, 3.63) is 39.9 Å². The Morgan fingerprint density at radius 2 is 1.75 bits per heavy atom. The van der Waals surface area contributed by atoms with Crippen molar-refractivity contribution < 1.29 is 23.9 Å². The van der Waals surface area contributed by atoms with Gasteiger partial charge in [0.15, 0.2) is 6.29 Å². The van der Waals surface area contributed by atoms with Crippen molar-refractivity contribution in [3.8, 4) is 0 Å². The predicted octanol–water partition coefficient (Wildman–Crippen LogP) is 2.15. The first-order valence-electron chi connectivity index (χ1n) is 6.23. The summed E-state index contributed by atoms with van der Waals surface area (Å²) in [6.45, 7) is 4.48. The topological polar surface area (TPSA) is 87.9 Å². The van der Waals surface area contributed by atoms with Gasteiger partial charge in [-0.1, -0.05) is 0 Å². The number of esters is 1. The molecule has 0 saturated carbocycles. The number of hydrogen-bond acceptors (Lipinski definition) is 6. The molecule has 0 bridgehead atoms. The highest BCUT2D eigenvalue weighted by atomic mass is 16.7. The molecule has 1 aromatic rings. The Balaban J connectivity index is 2.55. The van der Waals surface area contributed by atoms with Crippen LogP contribution in [0, 0.1) is 10.1 Å². The molecule has 0 aromatic heterocycles. The molecule has 0 unspecified atom stereocenters. The first kappa shape index (κ1) is 16.1. The summed E-state index contributed by atoms with van der Waals surface area (Å²) in [5, 5.41) is 10.5. The second kappa shape index (κ2) is 8.23. The molecule has 0 heterocycles. The number of ether oxygens (including phenoxy) is 3. The summed E-state index contributed by atoms with van der Waals surface area (Å²) >= 11 is 0. The van der Waals surface area contributed by atoms with E-state index in [1.807, 2.05) is 13.8 Å². The third-order valence-corrected chi connectivity index (χ3v) is 2.37. The molecule has 1 rings (SSSR count). The zero-order valence-corrected chi connectivity index (χ0v) is 11.4.